The van der Waals surface area contributed by atoms with Crippen LogP contribution in [0, 0.1) is 5.82 Å². The molecule has 7 nitrogen and oxygen atoms in total. The third kappa shape index (κ3) is 6.88. The highest BCUT2D eigenvalue weighted by Crippen LogP contribution is 2.27. The first-order valence-electron chi connectivity index (χ1n) is 9.22. The van der Waals surface area contributed by atoms with E-state index < -0.39 is 15.8 Å². The maximum atomic E-state index is 13.3. The van der Waals surface area contributed by atoms with Crippen LogP contribution >= 0.6 is 0 Å². The van der Waals surface area contributed by atoms with Crippen molar-refractivity contribution in [2.45, 2.75) is 31.2 Å². The van der Waals surface area contributed by atoms with Crippen LogP contribution < -0.4 is 24.7 Å². The van der Waals surface area contributed by atoms with E-state index in [1.165, 1.54) is 31.4 Å². The Labute approximate surface area is 171 Å². The van der Waals surface area contributed by atoms with E-state index in [9.17, 15) is 12.8 Å². The lowest BCUT2D eigenvalue weighted by Crippen LogP contribution is -2.32. The lowest BCUT2D eigenvalue weighted by molar-refractivity contribution is 0.285. The van der Waals surface area contributed by atoms with Gasteiger partial charge in [0, 0.05) is 18.7 Å². The maximum absolute atomic E-state index is 13.3. The standard InChI is InChI=1S/C20H27FN2O5S/c1-4-27-18-7-5-15(12-20(18)29(22,24)25)11-14(2)23-9-10-28-19-13-16(21)6-8-17(19)26-3/h5-8,12-14,23H,4,9-11H2,1-3H3,(H2,22,24,25). The number of halogens is 1. The zero-order valence-electron chi connectivity index (χ0n) is 16.8. The van der Waals surface area contributed by atoms with Crippen molar-refractivity contribution in [2.24, 2.45) is 5.14 Å². The molecule has 3 N–H and O–H groups in total. The number of benzene rings is 2. The monoisotopic (exact) mass is 426 g/mol. The molecule has 2 aromatic carbocycles. The molecular weight excluding hydrogens is 399 g/mol. The highest BCUT2D eigenvalue weighted by atomic mass is 32.2. The molecule has 0 bridgehead atoms. The molecule has 0 radical (unpaired) electrons. The van der Waals surface area contributed by atoms with Crippen molar-refractivity contribution in [2.75, 3.05) is 26.9 Å². The molecule has 2 rings (SSSR count). The molecule has 29 heavy (non-hydrogen) atoms. The minimum Gasteiger partial charge on any atom is -0.493 e. The van der Waals surface area contributed by atoms with Crippen LogP contribution in [0.2, 0.25) is 0 Å². The summed E-state index contributed by atoms with van der Waals surface area (Å²) in [7, 11) is -2.39. The zero-order chi connectivity index (χ0) is 21.4. The van der Waals surface area contributed by atoms with Crippen molar-refractivity contribution in [1.29, 1.82) is 0 Å². The number of ether oxygens (including phenoxy) is 3. The average Bonchev–Trinajstić information content (AvgIpc) is 2.66. The normalized spacial score (nSPS) is 12.4. The predicted octanol–water partition coefficient (Wildman–Crippen LogP) is 2.48. The van der Waals surface area contributed by atoms with Crippen molar-refractivity contribution in [3.05, 3.63) is 47.8 Å². The van der Waals surface area contributed by atoms with Crippen LogP contribution in [-0.4, -0.2) is 41.3 Å². The molecule has 1 atom stereocenters. The summed E-state index contributed by atoms with van der Waals surface area (Å²) in [5.74, 6) is 0.649. The minimum atomic E-state index is -3.88. The molecule has 0 aromatic heterocycles. The van der Waals surface area contributed by atoms with E-state index in [-0.39, 0.29) is 16.7 Å². The van der Waals surface area contributed by atoms with E-state index in [0.29, 0.717) is 37.7 Å². The molecule has 0 aliphatic heterocycles. The van der Waals surface area contributed by atoms with Gasteiger partial charge in [-0.3, -0.25) is 0 Å². The largest absolute Gasteiger partial charge is 0.493 e. The second kappa shape index (κ2) is 10.4. The highest BCUT2D eigenvalue weighted by molar-refractivity contribution is 7.89. The van der Waals surface area contributed by atoms with Crippen molar-refractivity contribution in [3.8, 4) is 17.2 Å². The minimum absolute atomic E-state index is 0.0226. The summed E-state index contributed by atoms with van der Waals surface area (Å²) in [5.41, 5.74) is 0.810. The first-order valence-corrected chi connectivity index (χ1v) is 10.8. The van der Waals surface area contributed by atoms with Crippen LogP contribution in [-0.2, 0) is 16.4 Å². The number of methoxy groups -OCH3 is 1. The van der Waals surface area contributed by atoms with Crippen molar-refractivity contribution in [3.63, 3.8) is 0 Å². The van der Waals surface area contributed by atoms with Crippen LogP contribution in [0.15, 0.2) is 41.3 Å². The molecule has 1 unspecified atom stereocenters. The fraction of sp³-hybridized carbons (Fsp3) is 0.400. The molecule has 160 valence electrons. The first kappa shape index (κ1) is 22.9. The molecule has 0 spiro atoms. The van der Waals surface area contributed by atoms with E-state index in [4.69, 9.17) is 19.3 Å². The molecule has 2 aromatic rings. The van der Waals surface area contributed by atoms with Gasteiger partial charge >= 0.3 is 0 Å². The Kier molecular flexibility index (Phi) is 8.24. The number of nitrogens with one attached hydrogen (secondary N) is 1. The van der Waals surface area contributed by atoms with E-state index in [0.717, 1.165) is 5.56 Å². The van der Waals surface area contributed by atoms with Gasteiger partial charge in [-0.25, -0.2) is 17.9 Å². The molecule has 0 saturated carbocycles. The fourth-order valence-electron chi connectivity index (χ4n) is 2.83. The number of primary sulfonamides is 1. The summed E-state index contributed by atoms with van der Waals surface area (Å²) in [6.07, 6.45) is 0.582. The SMILES string of the molecule is CCOc1ccc(CC(C)NCCOc2cc(F)ccc2OC)cc1S(N)(=O)=O. The smallest absolute Gasteiger partial charge is 0.241 e. The van der Waals surface area contributed by atoms with E-state index >= 15 is 0 Å². The number of rotatable bonds is 11. The summed E-state index contributed by atoms with van der Waals surface area (Å²) in [6.45, 7) is 4.91. The Morgan fingerprint density at radius 2 is 1.83 bits per heavy atom. The van der Waals surface area contributed by atoms with Gasteiger partial charge in [0.25, 0.3) is 0 Å². The summed E-state index contributed by atoms with van der Waals surface area (Å²) >= 11 is 0. The third-order valence-corrected chi connectivity index (χ3v) is 5.07. The topological polar surface area (TPSA) is 99.9 Å². The summed E-state index contributed by atoms with van der Waals surface area (Å²) in [5, 5.41) is 8.58. The maximum Gasteiger partial charge on any atom is 0.241 e. The highest BCUT2D eigenvalue weighted by Gasteiger charge is 2.17. The van der Waals surface area contributed by atoms with Gasteiger partial charge in [0.1, 0.15) is 23.1 Å². The molecule has 0 aliphatic carbocycles. The average molecular weight is 427 g/mol. The van der Waals surface area contributed by atoms with Crippen molar-refractivity contribution < 1.29 is 27.0 Å². The van der Waals surface area contributed by atoms with Crippen molar-refractivity contribution in [1.82, 2.24) is 5.32 Å². The zero-order valence-corrected chi connectivity index (χ0v) is 17.6. The van der Waals surface area contributed by atoms with Gasteiger partial charge in [-0.1, -0.05) is 6.07 Å². The van der Waals surface area contributed by atoms with Crippen LogP contribution in [0.4, 0.5) is 4.39 Å². The molecule has 0 aliphatic rings. The molecule has 0 fully saturated rings. The Balaban J connectivity index is 1.91. The van der Waals surface area contributed by atoms with Gasteiger partial charge in [0.15, 0.2) is 11.5 Å². The molecule has 9 heteroatoms. The Morgan fingerprint density at radius 1 is 1.10 bits per heavy atom. The number of nitrogens with two attached hydrogens (primary N) is 1. The number of sulfonamides is 1. The molecular formula is C20H27FN2O5S. The number of hydrogen-bond acceptors (Lipinski definition) is 6. The van der Waals surface area contributed by atoms with Crippen LogP contribution in [0.25, 0.3) is 0 Å². The summed E-state index contributed by atoms with van der Waals surface area (Å²) < 4.78 is 53.0. The van der Waals surface area contributed by atoms with E-state index in [2.05, 4.69) is 5.32 Å². The quantitative estimate of drug-likeness (QED) is 0.536. The molecule has 0 heterocycles. The lowest BCUT2D eigenvalue weighted by atomic mass is 10.1. The van der Waals surface area contributed by atoms with E-state index in [1.807, 2.05) is 13.0 Å². The lowest BCUT2D eigenvalue weighted by Gasteiger charge is -2.16. The number of hydrogen-bond donors (Lipinski definition) is 2. The van der Waals surface area contributed by atoms with E-state index in [1.54, 1.807) is 13.0 Å². The Bertz CT molecular complexity index is 921. The van der Waals surface area contributed by atoms with Gasteiger partial charge in [-0.2, -0.15) is 0 Å². The van der Waals surface area contributed by atoms with Crippen LogP contribution in [0.3, 0.4) is 0 Å². The van der Waals surface area contributed by atoms with Crippen LogP contribution in [0.5, 0.6) is 17.2 Å². The van der Waals surface area contributed by atoms with Gasteiger partial charge in [0.2, 0.25) is 10.0 Å². The Morgan fingerprint density at radius 3 is 2.48 bits per heavy atom. The first-order chi connectivity index (χ1) is 13.7. The second-order valence-electron chi connectivity index (χ2n) is 6.46. The Hall–Kier alpha value is -2.36. The second-order valence-corrected chi connectivity index (χ2v) is 7.99. The fourth-order valence-corrected chi connectivity index (χ4v) is 3.55. The van der Waals surface area contributed by atoms with Gasteiger partial charge < -0.3 is 19.5 Å². The van der Waals surface area contributed by atoms with Gasteiger partial charge in [0.05, 0.1) is 13.7 Å². The third-order valence-electron chi connectivity index (χ3n) is 4.13. The summed E-state index contributed by atoms with van der Waals surface area (Å²) in [4.78, 5) is -0.0226. The predicted molar refractivity (Wildman–Crippen MR) is 109 cm³/mol. The molecule has 0 amide bonds. The van der Waals surface area contributed by atoms with Crippen molar-refractivity contribution >= 4 is 10.0 Å². The summed E-state index contributed by atoms with van der Waals surface area (Å²) in [6, 6.07) is 9.09. The van der Waals surface area contributed by atoms with Gasteiger partial charge in [-0.15, -0.1) is 0 Å². The van der Waals surface area contributed by atoms with Crippen LogP contribution in [0.1, 0.15) is 19.4 Å². The molecule has 0 saturated heterocycles. The van der Waals surface area contributed by atoms with Gasteiger partial charge in [-0.05, 0) is 50.1 Å².